The number of nitrogens with one attached hydrogen (secondary N) is 2. The van der Waals surface area contributed by atoms with Gasteiger partial charge >= 0.3 is 0 Å². The maximum Gasteiger partial charge on any atom is 0.271 e. The minimum atomic E-state index is -1.04. The lowest BCUT2D eigenvalue weighted by Gasteiger charge is -2.27. The number of carbonyl (C=O) groups excluding carboxylic acids is 2. The topological polar surface area (TPSA) is 104 Å². The van der Waals surface area contributed by atoms with E-state index in [1.807, 2.05) is 12.1 Å². The Morgan fingerprint density at radius 3 is 2.49 bits per heavy atom. The number of aliphatic hydroxyl groups is 1. The van der Waals surface area contributed by atoms with Crippen LogP contribution in [0.1, 0.15) is 49.2 Å². The predicted octanol–water partition coefficient (Wildman–Crippen LogP) is 3.66. The zero-order chi connectivity index (χ0) is 25.4. The lowest BCUT2D eigenvalue weighted by molar-refractivity contribution is -0.126. The van der Waals surface area contributed by atoms with E-state index in [1.54, 1.807) is 31.3 Å². The van der Waals surface area contributed by atoms with E-state index in [9.17, 15) is 19.1 Å². The van der Waals surface area contributed by atoms with Crippen LogP contribution in [0.4, 0.5) is 4.39 Å². The van der Waals surface area contributed by atoms with Gasteiger partial charge in [-0.15, -0.1) is 0 Å². The second-order valence-corrected chi connectivity index (χ2v) is 9.24. The number of hydrogen-bond donors (Lipinski definition) is 3. The fraction of sp³-hybridized carbons (Fsp3) is 0.407. The molecule has 0 saturated heterocycles. The highest BCUT2D eigenvalue weighted by Crippen LogP contribution is 2.21. The summed E-state index contributed by atoms with van der Waals surface area (Å²) >= 11 is 0. The molecule has 0 spiro atoms. The van der Waals surface area contributed by atoms with Crippen molar-refractivity contribution in [2.75, 3.05) is 7.05 Å². The fourth-order valence-corrected chi connectivity index (χ4v) is 4.06. The van der Waals surface area contributed by atoms with Crippen molar-refractivity contribution in [1.29, 1.82) is 0 Å². The van der Waals surface area contributed by atoms with Gasteiger partial charge in [-0.3, -0.25) is 14.6 Å². The van der Waals surface area contributed by atoms with Gasteiger partial charge in [0.05, 0.1) is 29.4 Å². The molecule has 1 aromatic heterocycles. The summed E-state index contributed by atoms with van der Waals surface area (Å²) in [6.45, 7) is 4.16. The number of carbonyl (C=O) groups is 2. The average Bonchev–Trinajstić information content (AvgIpc) is 2.85. The molecule has 0 radical (unpaired) electrons. The highest BCUT2D eigenvalue weighted by Gasteiger charge is 2.29. The van der Waals surface area contributed by atoms with Crippen LogP contribution < -0.4 is 10.6 Å². The van der Waals surface area contributed by atoms with Gasteiger partial charge < -0.3 is 15.7 Å². The first-order valence-corrected chi connectivity index (χ1v) is 11.9. The lowest BCUT2D eigenvalue weighted by Crippen LogP contribution is -2.46. The van der Waals surface area contributed by atoms with Crippen molar-refractivity contribution in [3.8, 4) is 0 Å². The number of rotatable bonds is 11. The predicted molar refractivity (Wildman–Crippen MR) is 133 cm³/mol. The second kappa shape index (κ2) is 12.4. The van der Waals surface area contributed by atoms with Crippen LogP contribution >= 0.6 is 0 Å². The molecule has 0 bridgehead atoms. The number of nitrogens with zero attached hydrogens (tertiary/aromatic N) is 2. The number of para-hydroxylation sites is 2. The van der Waals surface area contributed by atoms with Crippen LogP contribution in [0.3, 0.4) is 0 Å². The molecule has 1 heterocycles. The van der Waals surface area contributed by atoms with Crippen molar-refractivity contribution in [3.63, 3.8) is 0 Å². The standard InChI is InChI=1S/C27H33FN4O3/c1-17(2)11-12-19(26(34)29-3)15-25(33)23(14-18-7-6-8-20(28)13-18)32-27(35)24-16-30-21-9-4-5-10-22(21)31-24/h4-10,13,16-17,19,23,25,33H,11-12,14-15H2,1-3H3,(H,29,34)(H,32,35)/t19-,23+,25+/m1/s1. The average molecular weight is 481 g/mol. The summed E-state index contributed by atoms with van der Waals surface area (Å²) in [6.07, 6.45) is 2.15. The summed E-state index contributed by atoms with van der Waals surface area (Å²) in [5, 5.41) is 16.7. The van der Waals surface area contributed by atoms with E-state index in [0.29, 0.717) is 28.9 Å². The molecule has 0 aliphatic heterocycles. The number of benzene rings is 2. The van der Waals surface area contributed by atoms with E-state index >= 15 is 0 Å². The highest BCUT2D eigenvalue weighted by atomic mass is 19.1. The van der Waals surface area contributed by atoms with E-state index in [-0.39, 0.29) is 24.4 Å². The molecule has 2 aromatic carbocycles. The van der Waals surface area contributed by atoms with Gasteiger partial charge in [0.1, 0.15) is 11.5 Å². The van der Waals surface area contributed by atoms with Gasteiger partial charge in [0.2, 0.25) is 5.91 Å². The number of halogens is 1. The van der Waals surface area contributed by atoms with Crippen LogP contribution in [0, 0.1) is 17.7 Å². The number of aliphatic hydroxyl groups excluding tert-OH is 1. The molecule has 2 amide bonds. The van der Waals surface area contributed by atoms with Crippen LogP contribution in [-0.4, -0.2) is 46.1 Å². The smallest absolute Gasteiger partial charge is 0.271 e. The second-order valence-electron chi connectivity index (χ2n) is 9.24. The normalized spacial score (nSPS) is 13.9. The molecular weight excluding hydrogens is 447 g/mol. The first kappa shape index (κ1) is 26.2. The Labute approximate surface area is 205 Å². The van der Waals surface area contributed by atoms with Gasteiger partial charge in [-0.2, -0.15) is 0 Å². The van der Waals surface area contributed by atoms with Gasteiger partial charge in [0, 0.05) is 13.0 Å². The van der Waals surface area contributed by atoms with Crippen molar-refractivity contribution in [2.45, 2.75) is 51.7 Å². The summed E-state index contributed by atoms with van der Waals surface area (Å²) in [5.74, 6) is -1.05. The minimum absolute atomic E-state index is 0.114. The summed E-state index contributed by atoms with van der Waals surface area (Å²) in [6, 6.07) is 12.5. The molecule has 0 saturated carbocycles. The zero-order valence-electron chi connectivity index (χ0n) is 20.4. The van der Waals surface area contributed by atoms with Gasteiger partial charge in [-0.05, 0) is 55.0 Å². The third-order valence-electron chi connectivity index (χ3n) is 6.04. The molecule has 3 aromatic rings. The van der Waals surface area contributed by atoms with Crippen molar-refractivity contribution in [1.82, 2.24) is 20.6 Å². The maximum atomic E-state index is 13.8. The zero-order valence-corrected chi connectivity index (χ0v) is 20.4. The van der Waals surface area contributed by atoms with E-state index in [1.165, 1.54) is 18.3 Å². The Balaban J connectivity index is 1.82. The Kier molecular flexibility index (Phi) is 9.25. The molecule has 8 heteroatoms. The Morgan fingerprint density at radius 1 is 1.06 bits per heavy atom. The summed E-state index contributed by atoms with van der Waals surface area (Å²) < 4.78 is 13.8. The van der Waals surface area contributed by atoms with Crippen molar-refractivity contribution < 1.29 is 19.1 Å². The van der Waals surface area contributed by atoms with E-state index in [4.69, 9.17) is 0 Å². The third kappa shape index (κ3) is 7.55. The van der Waals surface area contributed by atoms with Gasteiger partial charge in [-0.25, -0.2) is 9.37 Å². The van der Waals surface area contributed by atoms with E-state index < -0.39 is 29.8 Å². The molecule has 7 nitrogen and oxygen atoms in total. The highest BCUT2D eigenvalue weighted by molar-refractivity contribution is 5.94. The number of aromatic nitrogens is 2. The maximum absolute atomic E-state index is 13.8. The first-order chi connectivity index (χ1) is 16.8. The first-order valence-electron chi connectivity index (χ1n) is 11.9. The van der Waals surface area contributed by atoms with Crippen LogP contribution in [0.25, 0.3) is 11.0 Å². The molecule has 3 atom stereocenters. The molecule has 3 N–H and O–H groups in total. The van der Waals surface area contributed by atoms with Crippen LogP contribution in [0.15, 0.2) is 54.7 Å². The fourth-order valence-electron chi connectivity index (χ4n) is 4.06. The Bertz CT molecular complexity index is 1150. The molecule has 0 aliphatic carbocycles. The largest absolute Gasteiger partial charge is 0.391 e. The summed E-state index contributed by atoms with van der Waals surface area (Å²) in [5.41, 5.74) is 1.98. The molecule has 0 fully saturated rings. The molecule has 3 rings (SSSR count). The summed E-state index contributed by atoms with van der Waals surface area (Å²) in [7, 11) is 1.57. The van der Waals surface area contributed by atoms with Crippen LogP contribution in [0.2, 0.25) is 0 Å². The Hall–Kier alpha value is -3.39. The third-order valence-corrected chi connectivity index (χ3v) is 6.04. The van der Waals surface area contributed by atoms with Crippen LogP contribution in [-0.2, 0) is 11.2 Å². The number of hydrogen-bond acceptors (Lipinski definition) is 5. The van der Waals surface area contributed by atoms with Crippen LogP contribution in [0.5, 0.6) is 0 Å². The van der Waals surface area contributed by atoms with Gasteiger partial charge in [-0.1, -0.05) is 44.5 Å². The quantitative estimate of drug-likeness (QED) is 0.389. The lowest BCUT2D eigenvalue weighted by atomic mass is 9.88. The molecular formula is C27H33FN4O3. The van der Waals surface area contributed by atoms with Crippen molar-refractivity contribution in [3.05, 3.63) is 71.8 Å². The molecule has 35 heavy (non-hydrogen) atoms. The number of fused-ring (bicyclic) bond motifs is 1. The number of amides is 2. The van der Waals surface area contributed by atoms with Crippen molar-refractivity contribution in [2.24, 2.45) is 11.8 Å². The van der Waals surface area contributed by atoms with E-state index in [2.05, 4.69) is 34.4 Å². The van der Waals surface area contributed by atoms with Crippen molar-refractivity contribution >= 4 is 22.8 Å². The minimum Gasteiger partial charge on any atom is -0.391 e. The van der Waals surface area contributed by atoms with Gasteiger partial charge in [0.25, 0.3) is 5.91 Å². The van der Waals surface area contributed by atoms with Gasteiger partial charge in [0.15, 0.2) is 0 Å². The molecule has 186 valence electrons. The Morgan fingerprint density at radius 2 is 1.80 bits per heavy atom. The summed E-state index contributed by atoms with van der Waals surface area (Å²) in [4.78, 5) is 34.2. The SMILES string of the molecule is CNC(=O)[C@H](CCC(C)C)C[C@H](O)[C@H](Cc1cccc(F)c1)NC(=O)c1cnc2ccccc2n1. The van der Waals surface area contributed by atoms with E-state index in [0.717, 1.165) is 6.42 Å². The molecule has 0 aliphatic rings. The molecule has 0 unspecified atom stereocenters. The monoisotopic (exact) mass is 480 g/mol.